The molecule has 0 spiro atoms. The molecule has 74 valence electrons. The predicted octanol–water partition coefficient (Wildman–Crippen LogP) is 3.21. The summed E-state index contributed by atoms with van der Waals surface area (Å²) >= 11 is 0. The highest BCUT2D eigenvalue weighted by atomic mass is 14.8. The zero-order valence-corrected chi connectivity index (χ0v) is 9.04. The van der Waals surface area contributed by atoms with Gasteiger partial charge in [0.2, 0.25) is 0 Å². The van der Waals surface area contributed by atoms with Crippen molar-refractivity contribution in [3.05, 3.63) is 53.7 Å². The molecule has 1 aromatic rings. The van der Waals surface area contributed by atoms with Crippen LogP contribution < -0.4 is 5.32 Å². The third-order valence-electron chi connectivity index (χ3n) is 2.21. The fourth-order valence-electron chi connectivity index (χ4n) is 1.13. The maximum absolute atomic E-state index is 3.09. The molecule has 0 saturated carbocycles. The van der Waals surface area contributed by atoms with Gasteiger partial charge in [-0.1, -0.05) is 36.4 Å². The molecule has 0 saturated heterocycles. The molecule has 0 aliphatic heterocycles. The van der Waals surface area contributed by atoms with Gasteiger partial charge >= 0.3 is 0 Å². The summed E-state index contributed by atoms with van der Waals surface area (Å²) in [5.41, 5.74) is 3.72. The molecule has 0 bridgehead atoms. The van der Waals surface area contributed by atoms with Gasteiger partial charge in [-0.2, -0.15) is 0 Å². The van der Waals surface area contributed by atoms with Crippen LogP contribution in [-0.2, 0) is 0 Å². The molecule has 0 unspecified atom stereocenters. The summed E-state index contributed by atoms with van der Waals surface area (Å²) in [4.78, 5) is 0. The van der Waals surface area contributed by atoms with E-state index < -0.39 is 0 Å². The maximum atomic E-state index is 3.09. The smallest absolute Gasteiger partial charge is 0.00725 e. The van der Waals surface area contributed by atoms with Crippen molar-refractivity contribution in [3.8, 4) is 0 Å². The topological polar surface area (TPSA) is 12.0 Å². The lowest BCUT2D eigenvalue weighted by molar-refractivity contribution is 0.990. The van der Waals surface area contributed by atoms with Gasteiger partial charge in [-0.05, 0) is 31.1 Å². The summed E-state index contributed by atoms with van der Waals surface area (Å²) < 4.78 is 0. The van der Waals surface area contributed by atoms with Crippen LogP contribution >= 0.6 is 0 Å². The SMILES string of the molecule is CN/C(C)=C\C=C(/C)c1ccccc1. The standard InChI is InChI=1S/C13H17N/c1-11(9-10-12(2)14-3)13-7-5-4-6-8-13/h4-10,14H,1-3H3/b11-9+,12-10-. The zero-order valence-electron chi connectivity index (χ0n) is 9.04. The van der Waals surface area contributed by atoms with Gasteiger partial charge in [0.05, 0.1) is 0 Å². The molecule has 0 aromatic heterocycles. The molecule has 14 heavy (non-hydrogen) atoms. The highest BCUT2D eigenvalue weighted by molar-refractivity contribution is 5.65. The molecule has 0 atom stereocenters. The van der Waals surface area contributed by atoms with E-state index in [1.165, 1.54) is 16.8 Å². The Labute approximate surface area is 86.2 Å². The van der Waals surface area contributed by atoms with E-state index in [2.05, 4.69) is 55.6 Å². The van der Waals surface area contributed by atoms with Crippen LogP contribution in [-0.4, -0.2) is 7.05 Å². The summed E-state index contributed by atoms with van der Waals surface area (Å²) in [6.45, 7) is 4.17. The van der Waals surface area contributed by atoms with Crippen molar-refractivity contribution >= 4 is 5.57 Å². The van der Waals surface area contributed by atoms with Crippen LogP contribution in [0, 0.1) is 0 Å². The quantitative estimate of drug-likeness (QED) is 0.716. The summed E-state index contributed by atoms with van der Waals surface area (Å²) in [7, 11) is 1.93. The fourth-order valence-corrected chi connectivity index (χ4v) is 1.13. The second-order valence-electron chi connectivity index (χ2n) is 3.32. The van der Waals surface area contributed by atoms with Crippen molar-refractivity contribution < 1.29 is 0 Å². The Balaban J connectivity index is 2.81. The normalized spacial score (nSPS) is 12.8. The first-order chi connectivity index (χ1) is 6.74. The van der Waals surface area contributed by atoms with E-state index in [4.69, 9.17) is 0 Å². The molecule has 1 N–H and O–H groups in total. The molecule has 0 radical (unpaired) electrons. The van der Waals surface area contributed by atoms with Crippen molar-refractivity contribution in [2.24, 2.45) is 0 Å². The second-order valence-corrected chi connectivity index (χ2v) is 3.32. The maximum Gasteiger partial charge on any atom is 0.00725 e. The van der Waals surface area contributed by atoms with Gasteiger partial charge in [0.25, 0.3) is 0 Å². The Kier molecular flexibility index (Phi) is 3.99. The van der Waals surface area contributed by atoms with Gasteiger partial charge in [-0.3, -0.25) is 0 Å². The Hall–Kier alpha value is -1.50. The molecular formula is C13H17N. The Morgan fingerprint density at radius 3 is 2.29 bits per heavy atom. The van der Waals surface area contributed by atoms with Crippen LogP contribution in [0.1, 0.15) is 19.4 Å². The fraction of sp³-hybridized carbons (Fsp3) is 0.231. The molecular weight excluding hydrogens is 170 g/mol. The monoisotopic (exact) mass is 187 g/mol. The summed E-state index contributed by atoms with van der Waals surface area (Å²) in [6.07, 6.45) is 4.21. The van der Waals surface area contributed by atoms with Crippen molar-refractivity contribution in [2.75, 3.05) is 7.05 Å². The van der Waals surface area contributed by atoms with Gasteiger partial charge in [0.15, 0.2) is 0 Å². The van der Waals surface area contributed by atoms with Crippen molar-refractivity contribution in [2.45, 2.75) is 13.8 Å². The minimum absolute atomic E-state index is 1.17. The lowest BCUT2D eigenvalue weighted by Gasteiger charge is -2.00. The molecule has 1 aromatic carbocycles. The van der Waals surface area contributed by atoms with Crippen molar-refractivity contribution in [1.29, 1.82) is 0 Å². The first-order valence-corrected chi connectivity index (χ1v) is 4.82. The van der Waals surface area contributed by atoms with Crippen LogP contribution in [0.2, 0.25) is 0 Å². The van der Waals surface area contributed by atoms with E-state index in [1.807, 2.05) is 13.1 Å². The van der Waals surface area contributed by atoms with Gasteiger partial charge in [-0.25, -0.2) is 0 Å². The van der Waals surface area contributed by atoms with Crippen LogP contribution in [0.3, 0.4) is 0 Å². The average Bonchev–Trinajstić information content (AvgIpc) is 2.26. The zero-order chi connectivity index (χ0) is 10.4. The number of benzene rings is 1. The Bertz CT molecular complexity index is 334. The van der Waals surface area contributed by atoms with Gasteiger partial charge < -0.3 is 5.32 Å². The van der Waals surface area contributed by atoms with Crippen LogP contribution in [0.15, 0.2) is 48.2 Å². The highest BCUT2D eigenvalue weighted by Gasteiger charge is 1.91. The first-order valence-electron chi connectivity index (χ1n) is 4.82. The van der Waals surface area contributed by atoms with E-state index in [1.54, 1.807) is 0 Å². The molecule has 0 heterocycles. The van der Waals surface area contributed by atoms with Crippen LogP contribution in [0.5, 0.6) is 0 Å². The molecule has 0 aliphatic rings. The number of rotatable bonds is 3. The number of allylic oxidation sites excluding steroid dienone is 4. The average molecular weight is 187 g/mol. The van der Waals surface area contributed by atoms with E-state index in [9.17, 15) is 0 Å². The second kappa shape index (κ2) is 5.28. The Morgan fingerprint density at radius 1 is 1.07 bits per heavy atom. The first kappa shape index (κ1) is 10.6. The summed E-state index contributed by atoms with van der Waals surface area (Å²) in [5, 5.41) is 3.09. The number of nitrogens with one attached hydrogen (secondary N) is 1. The molecule has 1 nitrogen and oxygen atoms in total. The highest BCUT2D eigenvalue weighted by Crippen LogP contribution is 2.12. The predicted molar refractivity (Wildman–Crippen MR) is 62.9 cm³/mol. The van der Waals surface area contributed by atoms with Gasteiger partial charge in [0, 0.05) is 12.7 Å². The number of hydrogen-bond acceptors (Lipinski definition) is 1. The van der Waals surface area contributed by atoms with Gasteiger partial charge in [-0.15, -0.1) is 0 Å². The Morgan fingerprint density at radius 2 is 1.71 bits per heavy atom. The third-order valence-corrected chi connectivity index (χ3v) is 2.21. The lowest BCUT2D eigenvalue weighted by Crippen LogP contribution is -2.00. The number of hydrogen-bond donors (Lipinski definition) is 1. The van der Waals surface area contributed by atoms with E-state index in [0.29, 0.717) is 0 Å². The van der Waals surface area contributed by atoms with Crippen LogP contribution in [0.4, 0.5) is 0 Å². The largest absolute Gasteiger partial charge is 0.392 e. The molecule has 1 heteroatoms. The van der Waals surface area contributed by atoms with Crippen molar-refractivity contribution in [3.63, 3.8) is 0 Å². The minimum atomic E-state index is 1.17. The van der Waals surface area contributed by atoms with Crippen LogP contribution in [0.25, 0.3) is 5.57 Å². The van der Waals surface area contributed by atoms with Crippen molar-refractivity contribution in [1.82, 2.24) is 5.32 Å². The van der Waals surface area contributed by atoms with Gasteiger partial charge in [0.1, 0.15) is 0 Å². The summed E-state index contributed by atoms with van der Waals surface area (Å²) in [6, 6.07) is 10.4. The molecule has 0 amide bonds. The minimum Gasteiger partial charge on any atom is -0.392 e. The third kappa shape index (κ3) is 3.09. The lowest BCUT2D eigenvalue weighted by atomic mass is 10.1. The molecule has 1 rings (SSSR count). The molecule has 0 fully saturated rings. The van der Waals surface area contributed by atoms with E-state index in [-0.39, 0.29) is 0 Å². The summed E-state index contributed by atoms with van der Waals surface area (Å²) in [5.74, 6) is 0. The van der Waals surface area contributed by atoms with E-state index >= 15 is 0 Å². The molecule has 0 aliphatic carbocycles. The van der Waals surface area contributed by atoms with E-state index in [0.717, 1.165) is 0 Å².